The van der Waals surface area contributed by atoms with Crippen molar-refractivity contribution in [2.75, 3.05) is 19.6 Å². The molecule has 1 aliphatic heterocycles. The van der Waals surface area contributed by atoms with E-state index >= 15 is 0 Å². The van der Waals surface area contributed by atoms with Gasteiger partial charge in [0.2, 0.25) is 17.7 Å². The minimum atomic E-state index is -0.624. The van der Waals surface area contributed by atoms with Crippen molar-refractivity contribution in [3.05, 3.63) is 0 Å². The van der Waals surface area contributed by atoms with Crippen LogP contribution in [0.5, 0.6) is 0 Å². The summed E-state index contributed by atoms with van der Waals surface area (Å²) < 4.78 is 0. The van der Waals surface area contributed by atoms with Gasteiger partial charge in [0.05, 0.1) is 6.54 Å². The largest absolute Gasteiger partial charge is 0.354 e. The molecule has 3 amide bonds. The lowest BCUT2D eigenvalue weighted by Gasteiger charge is -2.37. The fourth-order valence-electron chi connectivity index (χ4n) is 4.41. The number of hydrogen-bond donors (Lipinski definition) is 3. The molecule has 1 aliphatic carbocycles. The molecule has 0 unspecified atom stereocenters. The van der Waals surface area contributed by atoms with Crippen LogP contribution in [0.1, 0.15) is 72.6 Å². The molecule has 1 heterocycles. The fourth-order valence-corrected chi connectivity index (χ4v) is 4.41. The van der Waals surface area contributed by atoms with Crippen molar-refractivity contribution >= 4 is 17.7 Å². The van der Waals surface area contributed by atoms with Crippen LogP contribution in [-0.2, 0) is 14.4 Å². The smallest absolute Gasteiger partial charge is 0.246 e. The van der Waals surface area contributed by atoms with Crippen LogP contribution < -0.4 is 16.4 Å². The second kappa shape index (κ2) is 10.4. The molecule has 0 aromatic heterocycles. The average molecular weight is 409 g/mol. The normalized spacial score (nSPS) is 25.3. The Bertz CT molecular complexity index is 581. The summed E-state index contributed by atoms with van der Waals surface area (Å²) in [6, 6.07) is -0.636. The lowest BCUT2D eigenvalue weighted by atomic mass is 9.72. The molecule has 0 spiro atoms. The average Bonchev–Trinajstić information content (AvgIpc) is 3.10. The molecule has 2 rings (SSSR count). The second-order valence-corrected chi connectivity index (χ2v) is 9.82. The van der Waals surface area contributed by atoms with Gasteiger partial charge in [0, 0.05) is 25.0 Å². The van der Waals surface area contributed by atoms with Gasteiger partial charge in [-0.1, -0.05) is 47.0 Å². The Morgan fingerprint density at radius 2 is 1.90 bits per heavy atom. The lowest BCUT2D eigenvalue weighted by molar-refractivity contribution is -0.140. The first-order valence-electron chi connectivity index (χ1n) is 11.2. The number of rotatable bonds is 9. The van der Waals surface area contributed by atoms with Gasteiger partial charge in [0.25, 0.3) is 0 Å². The molecule has 7 nitrogen and oxygen atoms in total. The van der Waals surface area contributed by atoms with Crippen molar-refractivity contribution in [1.82, 2.24) is 15.5 Å². The van der Waals surface area contributed by atoms with Gasteiger partial charge >= 0.3 is 0 Å². The highest BCUT2D eigenvalue weighted by Gasteiger charge is 2.40. The number of carbonyl (C=O) groups excluding carboxylic acids is 3. The summed E-state index contributed by atoms with van der Waals surface area (Å²) in [4.78, 5) is 39.3. The summed E-state index contributed by atoms with van der Waals surface area (Å²) in [6.45, 7) is 9.01. The van der Waals surface area contributed by atoms with Crippen LogP contribution in [0.4, 0.5) is 0 Å². The Morgan fingerprint density at radius 3 is 2.48 bits per heavy atom. The van der Waals surface area contributed by atoms with Gasteiger partial charge in [-0.05, 0) is 37.0 Å². The zero-order valence-electron chi connectivity index (χ0n) is 18.6. The Morgan fingerprint density at radius 1 is 1.21 bits per heavy atom. The molecule has 2 fully saturated rings. The molecule has 0 aromatic rings. The van der Waals surface area contributed by atoms with Crippen LogP contribution in [0.2, 0.25) is 0 Å². The highest BCUT2D eigenvalue weighted by atomic mass is 16.2. The SMILES string of the molecule is CCCCC1CC(C(=O)NC[C@H]2CCCN2C(=O)[C@@H](NC(=O)CN)C(C)(C)C)C1. The predicted molar refractivity (Wildman–Crippen MR) is 114 cm³/mol. The van der Waals surface area contributed by atoms with Crippen molar-refractivity contribution in [3.8, 4) is 0 Å². The van der Waals surface area contributed by atoms with Gasteiger partial charge in [0.1, 0.15) is 6.04 Å². The van der Waals surface area contributed by atoms with E-state index in [9.17, 15) is 14.4 Å². The van der Waals surface area contributed by atoms with E-state index in [1.165, 1.54) is 19.3 Å². The molecule has 1 saturated carbocycles. The van der Waals surface area contributed by atoms with E-state index in [1.54, 1.807) is 0 Å². The van der Waals surface area contributed by atoms with Crippen LogP contribution in [0.3, 0.4) is 0 Å². The van der Waals surface area contributed by atoms with Crippen LogP contribution in [0.15, 0.2) is 0 Å². The van der Waals surface area contributed by atoms with Crippen LogP contribution in [0.25, 0.3) is 0 Å². The van der Waals surface area contributed by atoms with E-state index in [0.717, 1.165) is 25.7 Å². The topological polar surface area (TPSA) is 105 Å². The molecule has 7 heteroatoms. The molecule has 0 bridgehead atoms. The molecule has 4 N–H and O–H groups in total. The Kier molecular flexibility index (Phi) is 8.49. The number of nitrogens with zero attached hydrogens (tertiary/aromatic N) is 1. The minimum absolute atomic E-state index is 0.0120. The maximum absolute atomic E-state index is 13.2. The summed E-state index contributed by atoms with van der Waals surface area (Å²) in [5.74, 6) is 0.549. The third-order valence-electron chi connectivity index (χ3n) is 6.35. The number of nitrogens with two attached hydrogens (primary N) is 1. The third-order valence-corrected chi connectivity index (χ3v) is 6.35. The van der Waals surface area contributed by atoms with E-state index in [4.69, 9.17) is 5.73 Å². The lowest BCUT2D eigenvalue weighted by Crippen LogP contribution is -2.57. The van der Waals surface area contributed by atoms with Crippen molar-refractivity contribution < 1.29 is 14.4 Å². The molecule has 2 atom stereocenters. The van der Waals surface area contributed by atoms with Crippen molar-refractivity contribution in [2.24, 2.45) is 23.0 Å². The van der Waals surface area contributed by atoms with E-state index in [-0.39, 0.29) is 36.2 Å². The molecule has 1 saturated heterocycles. The molecule has 0 aromatic carbocycles. The molecular formula is C22H40N4O3. The molecular weight excluding hydrogens is 368 g/mol. The molecule has 29 heavy (non-hydrogen) atoms. The van der Waals surface area contributed by atoms with Crippen molar-refractivity contribution in [3.63, 3.8) is 0 Å². The summed E-state index contributed by atoms with van der Waals surface area (Å²) in [5, 5.41) is 5.86. The van der Waals surface area contributed by atoms with Gasteiger partial charge in [-0.3, -0.25) is 14.4 Å². The van der Waals surface area contributed by atoms with Crippen molar-refractivity contribution in [2.45, 2.75) is 84.7 Å². The van der Waals surface area contributed by atoms with Gasteiger partial charge in [-0.25, -0.2) is 0 Å². The number of carbonyl (C=O) groups is 3. The summed E-state index contributed by atoms with van der Waals surface area (Å²) >= 11 is 0. The Hall–Kier alpha value is -1.63. The number of unbranched alkanes of at least 4 members (excludes halogenated alkanes) is 1. The predicted octanol–water partition coefficient (Wildman–Crippen LogP) is 1.80. The summed E-state index contributed by atoms with van der Waals surface area (Å²) in [5.41, 5.74) is 5.01. The monoisotopic (exact) mass is 408 g/mol. The van der Waals surface area contributed by atoms with Gasteiger partial charge in [-0.15, -0.1) is 0 Å². The van der Waals surface area contributed by atoms with Crippen molar-refractivity contribution in [1.29, 1.82) is 0 Å². The molecule has 0 radical (unpaired) electrons. The van der Waals surface area contributed by atoms with Crippen LogP contribution in [-0.4, -0.2) is 54.3 Å². The first-order valence-corrected chi connectivity index (χ1v) is 11.2. The molecule has 2 aliphatic rings. The summed E-state index contributed by atoms with van der Waals surface area (Å²) in [7, 11) is 0. The van der Waals surface area contributed by atoms with E-state index in [1.807, 2.05) is 25.7 Å². The van der Waals surface area contributed by atoms with E-state index < -0.39 is 11.5 Å². The number of hydrogen-bond acceptors (Lipinski definition) is 4. The first kappa shape index (κ1) is 23.6. The zero-order valence-corrected chi connectivity index (χ0v) is 18.6. The first-order chi connectivity index (χ1) is 13.7. The maximum Gasteiger partial charge on any atom is 0.246 e. The van der Waals surface area contributed by atoms with Gasteiger partial charge < -0.3 is 21.3 Å². The number of amides is 3. The van der Waals surface area contributed by atoms with Crippen LogP contribution in [0, 0.1) is 17.3 Å². The van der Waals surface area contributed by atoms with Crippen LogP contribution >= 0.6 is 0 Å². The zero-order chi connectivity index (χ0) is 21.6. The fraction of sp³-hybridized carbons (Fsp3) is 0.864. The minimum Gasteiger partial charge on any atom is -0.354 e. The van der Waals surface area contributed by atoms with E-state index in [2.05, 4.69) is 17.6 Å². The van der Waals surface area contributed by atoms with Gasteiger partial charge in [-0.2, -0.15) is 0 Å². The van der Waals surface area contributed by atoms with Gasteiger partial charge in [0.15, 0.2) is 0 Å². The maximum atomic E-state index is 13.2. The highest BCUT2D eigenvalue weighted by molar-refractivity contribution is 5.89. The van der Waals surface area contributed by atoms with E-state index in [0.29, 0.717) is 19.0 Å². The molecule has 166 valence electrons. The Balaban J connectivity index is 1.87. The number of nitrogens with one attached hydrogen (secondary N) is 2. The summed E-state index contributed by atoms with van der Waals surface area (Å²) in [6.07, 6.45) is 7.46. The highest BCUT2D eigenvalue weighted by Crippen LogP contribution is 2.37. The Labute approximate surface area is 175 Å². The quantitative estimate of drug-likeness (QED) is 0.541. The second-order valence-electron chi connectivity index (χ2n) is 9.82. The standard InChI is InChI=1S/C22H40N4O3/c1-5-6-8-15-11-16(12-15)20(28)24-14-17-9-7-10-26(17)21(29)19(22(2,3)4)25-18(27)13-23/h15-17,19H,5-14,23H2,1-4H3,(H,24,28)(H,25,27)/t15?,16?,17-,19-/m1/s1. The number of likely N-dealkylation sites (tertiary alicyclic amines) is 1. The third kappa shape index (κ3) is 6.43.